The largest absolute Gasteiger partial charge is 0.495 e. The van der Waals surface area contributed by atoms with E-state index in [0.717, 1.165) is 22.6 Å². The van der Waals surface area contributed by atoms with Crippen LogP contribution in [0.4, 0.5) is 5.69 Å². The third-order valence-corrected chi connectivity index (χ3v) is 6.42. The van der Waals surface area contributed by atoms with Gasteiger partial charge in [-0.3, -0.25) is 15.1 Å². The molecule has 8 nitrogen and oxygen atoms in total. The molecule has 4 rings (SSSR count). The van der Waals surface area contributed by atoms with Gasteiger partial charge in [0.25, 0.3) is 5.69 Å². The Morgan fingerprint density at radius 2 is 1.97 bits per heavy atom. The van der Waals surface area contributed by atoms with E-state index in [1.807, 2.05) is 36.6 Å². The number of thiocarbonyl (C=S) groups is 1. The van der Waals surface area contributed by atoms with Crippen molar-refractivity contribution in [3.63, 3.8) is 0 Å². The van der Waals surface area contributed by atoms with Crippen LogP contribution in [0.3, 0.4) is 0 Å². The summed E-state index contributed by atoms with van der Waals surface area (Å²) in [7, 11) is 1.57. The molecule has 1 saturated heterocycles. The Bertz CT molecular complexity index is 1210. The molecule has 0 bridgehead atoms. The van der Waals surface area contributed by atoms with Gasteiger partial charge in [0.2, 0.25) is 0 Å². The zero-order chi connectivity index (χ0) is 23.9. The summed E-state index contributed by atoms with van der Waals surface area (Å²) >= 11 is 5.72. The van der Waals surface area contributed by atoms with Gasteiger partial charge >= 0.3 is 0 Å². The predicted molar refractivity (Wildman–Crippen MR) is 131 cm³/mol. The third kappa shape index (κ3) is 3.93. The number of pyridine rings is 1. The number of methoxy groups -OCH3 is 1. The summed E-state index contributed by atoms with van der Waals surface area (Å²) in [6.07, 6.45) is 1.78. The Kier molecular flexibility index (Phi) is 6.07. The molecular weight excluding hydrogens is 438 g/mol. The zero-order valence-electron chi connectivity index (χ0n) is 19.3. The van der Waals surface area contributed by atoms with E-state index < -0.39 is 4.92 Å². The van der Waals surface area contributed by atoms with Gasteiger partial charge in [-0.2, -0.15) is 0 Å². The summed E-state index contributed by atoms with van der Waals surface area (Å²) in [6.45, 7) is 8.25. The van der Waals surface area contributed by atoms with E-state index in [0.29, 0.717) is 16.5 Å². The molecule has 1 aromatic carbocycles. The zero-order valence-corrected chi connectivity index (χ0v) is 20.1. The molecule has 2 atom stereocenters. The molecule has 0 saturated carbocycles. The fourth-order valence-electron chi connectivity index (χ4n) is 4.68. The van der Waals surface area contributed by atoms with Crippen LogP contribution >= 0.6 is 12.2 Å². The summed E-state index contributed by atoms with van der Waals surface area (Å²) in [6, 6.07) is 12.6. The number of hydrogen-bond acceptors (Lipinski definition) is 5. The number of nitro groups is 1. The van der Waals surface area contributed by atoms with E-state index in [1.165, 1.54) is 6.07 Å². The number of hydrogen-bond donors (Lipinski definition) is 1. The standard InChI is InChI=1S/C24H27N5O3S/c1-14(2)27-23(22(26-24(27)33)19-8-6-7-11-25-19)18-12-15(3)28(16(18)4)20-13-17(29(30)31)9-10-21(20)32-5/h6-14,22-23H,1-5H3,(H,26,33). The Morgan fingerprint density at radius 3 is 2.58 bits per heavy atom. The summed E-state index contributed by atoms with van der Waals surface area (Å²) in [5.41, 5.74) is 4.55. The maximum atomic E-state index is 11.4. The quantitative estimate of drug-likeness (QED) is 0.318. The van der Waals surface area contributed by atoms with Crippen molar-refractivity contribution in [3.05, 3.63) is 81.4 Å². The Balaban J connectivity index is 1.90. The Hall–Kier alpha value is -3.46. The summed E-state index contributed by atoms with van der Waals surface area (Å²) < 4.78 is 7.56. The van der Waals surface area contributed by atoms with E-state index in [2.05, 4.69) is 35.1 Å². The summed E-state index contributed by atoms with van der Waals surface area (Å²) in [4.78, 5) is 17.8. The molecule has 1 aliphatic heterocycles. The van der Waals surface area contributed by atoms with Crippen LogP contribution in [0, 0.1) is 24.0 Å². The first-order valence-electron chi connectivity index (χ1n) is 10.8. The van der Waals surface area contributed by atoms with Crippen LogP contribution in [0.15, 0.2) is 48.7 Å². The van der Waals surface area contributed by atoms with E-state index in [-0.39, 0.29) is 23.8 Å². The van der Waals surface area contributed by atoms with Crippen LogP contribution in [-0.4, -0.2) is 37.6 Å². The van der Waals surface area contributed by atoms with Crippen molar-refractivity contribution in [1.82, 2.24) is 19.8 Å². The number of benzene rings is 1. The predicted octanol–water partition coefficient (Wildman–Crippen LogP) is 4.79. The number of nitrogens with one attached hydrogen (secondary N) is 1. The number of aromatic nitrogens is 2. The molecule has 1 aliphatic rings. The van der Waals surface area contributed by atoms with Crippen molar-refractivity contribution in [2.45, 2.75) is 45.8 Å². The molecule has 9 heteroatoms. The van der Waals surface area contributed by atoms with Crippen molar-refractivity contribution < 1.29 is 9.66 Å². The molecule has 0 amide bonds. The van der Waals surface area contributed by atoms with Gasteiger partial charge in [-0.05, 0) is 69.7 Å². The SMILES string of the molecule is COc1ccc([N+](=O)[O-])cc1-n1c(C)cc(C2C(c3ccccn3)NC(=S)N2C(C)C)c1C. The summed E-state index contributed by atoms with van der Waals surface area (Å²) in [5.74, 6) is 0.566. The van der Waals surface area contributed by atoms with E-state index in [4.69, 9.17) is 17.0 Å². The number of nitro benzene ring substituents is 1. The highest BCUT2D eigenvalue weighted by Gasteiger charge is 2.42. The molecule has 3 aromatic rings. The lowest BCUT2D eigenvalue weighted by molar-refractivity contribution is -0.384. The highest BCUT2D eigenvalue weighted by atomic mass is 32.1. The fourth-order valence-corrected chi connectivity index (χ4v) is 5.13. The van der Waals surface area contributed by atoms with E-state index in [1.54, 1.807) is 25.4 Å². The van der Waals surface area contributed by atoms with Crippen molar-refractivity contribution in [1.29, 1.82) is 0 Å². The van der Waals surface area contributed by atoms with Crippen LogP contribution in [0.2, 0.25) is 0 Å². The second-order valence-electron chi connectivity index (χ2n) is 8.40. The molecule has 0 radical (unpaired) electrons. The van der Waals surface area contributed by atoms with Crippen LogP contribution in [0.5, 0.6) is 5.75 Å². The molecule has 1 fully saturated rings. The topological polar surface area (TPSA) is 85.5 Å². The maximum Gasteiger partial charge on any atom is 0.271 e. The minimum absolute atomic E-state index is 0.0127. The number of rotatable bonds is 6. The van der Waals surface area contributed by atoms with Crippen molar-refractivity contribution >= 4 is 23.0 Å². The highest BCUT2D eigenvalue weighted by molar-refractivity contribution is 7.80. The Labute approximate surface area is 198 Å². The molecular formula is C24H27N5O3S. The molecule has 172 valence electrons. The minimum Gasteiger partial charge on any atom is -0.495 e. The van der Waals surface area contributed by atoms with Crippen molar-refractivity contribution in [3.8, 4) is 11.4 Å². The number of non-ortho nitro benzene ring substituents is 1. The fraction of sp³-hybridized carbons (Fsp3) is 0.333. The number of ether oxygens (including phenoxy) is 1. The van der Waals surface area contributed by atoms with Gasteiger partial charge in [0.15, 0.2) is 5.11 Å². The highest BCUT2D eigenvalue weighted by Crippen LogP contribution is 2.43. The normalized spacial score (nSPS) is 18.0. The van der Waals surface area contributed by atoms with Crippen LogP contribution in [0.25, 0.3) is 5.69 Å². The smallest absolute Gasteiger partial charge is 0.271 e. The Morgan fingerprint density at radius 1 is 1.21 bits per heavy atom. The van der Waals surface area contributed by atoms with Gasteiger partial charge in [0.1, 0.15) is 5.75 Å². The lowest BCUT2D eigenvalue weighted by Crippen LogP contribution is -2.35. The first-order valence-corrected chi connectivity index (χ1v) is 11.2. The lowest BCUT2D eigenvalue weighted by atomic mass is 9.96. The van der Waals surface area contributed by atoms with Crippen molar-refractivity contribution in [2.24, 2.45) is 0 Å². The monoisotopic (exact) mass is 465 g/mol. The van der Waals surface area contributed by atoms with Gasteiger partial charge in [-0.25, -0.2) is 0 Å². The molecule has 2 aromatic heterocycles. The number of nitrogens with zero attached hydrogens (tertiary/aromatic N) is 4. The first kappa shape index (κ1) is 22.7. The molecule has 1 N–H and O–H groups in total. The second kappa shape index (κ2) is 8.82. The number of aryl methyl sites for hydroxylation is 1. The van der Waals surface area contributed by atoms with Gasteiger partial charge in [-0.1, -0.05) is 6.07 Å². The van der Waals surface area contributed by atoms with Crippen LogP contribution < -0.4 is 10.1 Å². The van der Waals surface area contributed by atoms with E-state index >= 15 is 0 Å². The maximum absolute atomic E-state index is 11.4. The minimum atomic E-state index is -0.394. The van der Waals surface area contributed by atoms with Gasteiger partial charge in [-0.15, -0.1) is 0 Å². The molecule has 33 heavy (non-hydrogen) atoms. The van der Waals surface area contributed by atoms with Crippen LogP contribution in [0.1, 0.15) is 48.6 Å². The van der Waals surface area contributed by atoms with Crippen LogP contribution in [-0.2, 0) is 0 Å². The first-order chi connectivity index (χ1) is 15.7. The molecule has 3 heterocycles. The average molecular weight is 466 g/mol. The lowest BCUT2D eigenvalue weighted by Gasteiger charge is -2.31. The molecule has 0 spiro atoms. The van der Waals surface area contributed by atoms with Gasteiger partial charge in [0, 0.05) is 35.8 Å². The third-order valence-electron chi connectivity index (χ3n) is 6.09. The average Bonchev–Trinajstić information content (AvgIpc) is 3.29. The van der Waals surface area contributed by atoms with Gasteiger partial charge in [0.05, 0.1) is 35.5 Å². The van der Waals surface area contributed by atoms with Gasteiger partial charge < -0.3 is 19.5 Å². The second-order valence-corrected chi connectivity index (χ2v) is 8.79. The molecule has 0 aliphatic carbocycles. The summed E-state index contributed by atoms with van der Waals surface area (Å²) in [5, 5.41) is 15.6. The van der Waals surface area contributed by atoms with Crippen molar-refractivity contribution in [2.75, 3.05) is 7.11 Å². The van der Waals surface area contributed by atoms with E-state index in [9.17, 15) is 10.1 Å². The molecule has 2 unspecified atom stereocenters.